The molecule has 0 spiro atoms. The normalized spacial score (nSPS) is 15.2. The van der Waals surface area contributed by atoms with Gasteiger partial charge in [0.1, 0.15) is 0 Å². The van der Waals surface area contributed by atoms with Crippen LogP contribution in [-0.2, 0) is 0 Å². The van der Waals surface area contributed by atoms with Crippen LogP contribution in [0.5, 0.6) is 0 Å². The maximum absolute atomic E-state index is 13.0. The van der Waals surface area contributed by atoms with Crippen molar-refractivity contribution in [3.8, 4) is 11.1 Å². The lowest BCUT2D eigenvalue weighted by molar-refractivity contribution is 0.505. The van der Waals surface area contributed by atoms with Gasteiger partial charge >= 0.3 is 0 Å². The second kappa shape index (κ2) is 6.20. The SMILES string of the molecule is Cc1nn2c(ncc3c(=O)n(C4CCCC4)ccc32)c1-c1ccc(Cl)cc1. The molecule has 0 atom stereocenters. The van der Waals surface area contributed by atoms with Gasteiger partial charge in [0, 0.05) is 29.0 Å². The molecular weight excluding hydrogens is 360 g/mol. The molecule has 4 aromatic rings. The molecule has 5 rings (SSSR count). The number of aromatic nitrogens is 4. The van der Waals surface area contributed by atoms with Crippen LogP contribution in [0.2, 0.25) is 5.02 Å². The van der Waals surface area contributed by atoms with E-state index in [2.05, 4.69) is 10.1 Å². The lowest BCUT2D eigenvalue weighted by Crippen LogP contribution is -2.23. The van der Waals surface area contributed by atoms with Crippen molar-refractivity contribution in [2.24, 2.45) is 0 Å². The molecule has 27 heavy (non-hydrogen) atoms. The molecule has 0 radical (unpaired) electrons. The predicted octanol–water partition coefficient (Wildman–Crippen LogP) is 4.79. The quantitative estimate of drug-likeness (QED) is 0.504. The number of aryl methyl sites for hydroxylation is 1. The molecule has 0 unspecified atom stereocenters. The molecule has 0 amide bonds. The summed E-state index contributed by atoms with van der Waals surface area (Å²) in [6, 6.07) is 9.96. The van der Waals surface area contributed by atoms with Gasteiger partial charge in [-0.25, -0.2) is 9.50 Å². The number of rotatable bonds is 2. The van der Waals surface area contributed by atoms with Crippen LogP contribution < -0.4 is 5.56 Å². The topological polar surface area (TPSA) is 52.2 Å². The van der Waals surface area contributed by atoms with Gasteiger partial charge in [0.2, 0.25) is 0 Å². The van der Waals surface area contributed by atoms with Crippen molar-refractivity contribution in [2.45, 2.75) is 38.6 Å². The van der Waals surface area contributed by atoms with Gasteiger partial charge < -0.3 is 4.57 Å². The number of hydrogen-bond acceptors (Lipinski definition) is 3. The van der Waals surface area contributed by atoms with Crippen LogP contribution in [0.25, 0.3) is 27.7 Å². The highest BCUT2D eigenvalue weighted by molar-refractivity contribution is 6.30. The number of halogens is 1. The van der Waals surface area contributed by atoms with Crippen LogP contribution in [0, 0.1) is 6.92 Å². The van der Waals surface area contributed by atoms with Crippen molar-refractivity contribution in [3.63, 3.8) is 0 Å². The molecule has 1 aromatic carbocycles. The first-order chi connectivity index (χ1) is 13.1. The molecule has 3 heterocycles. The van der Waals surface area contributed by atoms with Gasteiger partial charge in [0.05, 0.1) is 16.6 Å². The second-order valence-corrected chi connectivity index (χ2v) is 7.66. The van der Waals surface area contributed by atoms with E-state index in [1.807, 2.05) is 48.0 Å². The molecule has 0 bridgehead atoms. The summed E-state index contributed by atoms with van der Waals surface area (Å²) in [5, 5.41) is 5.99. The fourth-order valence-corrected chi connectivity index (χ4v) is 4.34. The zero-order valence-corrected chi connectivity index (χ0v) is 15.8. The summed E-state index contributed by atoms with van der Waals surface area (Å²) >= 11 is 6.02. The van der Waals surface area contributed by atoms with Gasteiger partial charge in [0.25, 0.3) is 5.56 Å². The van der Waals surface area contributed by atoms with Gasteiger partial charge in [-0.3, -0.25) is 4.79 Å². The van der Waals surface area contributed by atoms with Crippen molar-refractivity contribution in [2.75, 3.05) is 0 Å². The zero-order chi connectivity index (χ0) is 18.5. The second-order valence-electron chi connectivity index (χ2n) is 7.23. The van der Waals surface area contributed by atoms with E-state index in [4.69, 9.17) is 11.6 Å². The fourth-order valence-electron chi connectivity index (χ4n) is 4.22. The Morgan fingerprint density at radius 2 is 1.85 bits per heavy atom. The van der Waals surface area contributed by atoms with E-state index in [1.165, 1.54) is 12.8 Å². The molecular formula is C21H19ClN4O. The molecule has 1 aliphatic carbocycles. The highest BCUT2D eigenvalue weighted by atomic mass is 35.5. The average Bonchev–Trinajstić information content (AvgIpc) is 3.30. The molecule has 3 aromatic heterocycles. The number of fused-ring (bicyclic) bond motifs is 3. The molecule has 0 aliphatic heterocycles. The third-order valence-corrected chi connectivity index (χ3v) is 5.82. The minimum absolute atomic E-state index is 0.0231. The van der Waals surface area contributed by atoms with Gasteiger partial charge in [-0.2, -0.15) is 5.10 Å². The highest BCUT2D eigenvalue weighted by Gasteiger charge is 2.20. The summed E-state index contributed by atoms with van der Waals surface area (Å²) in [4.78, 5) is 17.6. The molecule has 136 valence electrons. The maximum atomic E-state index is 13.0. The fraction of sp³-hybridized carbons (Fsp3) is 0.286. The van der Waals surface area contributed by atoms with Crippen LogP contribution in [0.1, 0.15) is 37.4 Å². The van der Waals surface area contributed by atoms with Gasteiger partial charge in [-0.1, -0.05) is 36.6 Å². The van der Waals surface area contributed by atoms with E-state index >= 15 is 0 Å². The zero-order valence-electron chi connectivity index (χ0n) is 15.0. The van der Waals surface area contributed by atoms with Crippen molar-refractivity contribution in [3.05, 3.63) is 63.8 Å². The molecule has 0 N–H and O–H groups in total. The number of benzene rings is 1. The first-order valence-corrected chi connectivity index (χ1v) is 9.66. The number of hydrogen-bond donors (Lipinski definition) is 0. The minimum Gasteiger partial charge on any atom is -0.312 e. The highest BCUT2D eigenvalue weighted by Crippen LogP contribution is 2.31. The first-order valence-electron chi connectivity index (χ1n) is 9.28. The summed E-state index contributed by atoms with van der Waals surface area (Å²) in [5.41, 5.74) is 4.42. The number of nitrogens with zero attached hydrogens (tertiary/aromatic N) is 4. The standard InChI is InChI=1S/C21H19ClN4O/c1-13-19(14-6-8-15(22)9-7-14)20-23-12-17-18(26(20)24-13)10-11-25(21(17)27)16-4-2-3-5-16/h6-12,16H,2-5H2,1H3. The minimum atomic E-state index is 0.0231. The molecule has 5 nitrogen and oxygen atoms in total. The third kappa shape index (κ3) is 2.57. The van der Waals surface area contributed by atoms with Gasteiger partial charge in [-0.05, 0) is 43.5 Å². The van der Waals surface area contributed by atoms with Crippen molar-refractivity contribution < 1.29 is 0 Å². The molecule has 6 heteroatoms. The van der Waals surface area contributed by atoms with E-state index in [0.29, 0.717) is 16.5 Å². The third-order valence-electron chi connectivity index (χ3n) is 5.57. The Balaban J connectivity index is 1.74. The summed E-state index contributed by atoms with van der Waals surface area (Å²) in [5.74, 6) is 0. The van der Waals surface area contributed by atoms with E-state index < -0.39 is 0 Å². The van der Waals surface area contributed by atoms with Crippen LogP contribution in [0.4, 0.5) is 0 Å². The van der Waals surface area contributed by atoms with Gasteiger partial charge in [0.15, 0.2) is 5.65 Å². The summed E-state index contributed by atoms with van der Waals surface area (Å²) in [6.07, 6.45) is 8.13. The average molecular weight is 379 g/mol. The monoisotopic (exact) mass is 378 g/mol. The smallest absolute Gasteiger partial charge is 0.261 e. The van der Waals surface area contributed by atoms with Crippen molar-refractivity contribution in [1.29, 1.82) is 0 Å². The summed E-state index contributed by atoms with van der Waals surface area (Å²) < 4.78 is 3.66. The first kappa shape index (κ1) is 16.5. The van der Waals surface area contributed by atoms with Crippen LogP contribution in [-0.4, -0.2) is 19.2 Å². The van der Waals surface area contributed by atoms with E-state index in [9.17, 15) is 4.79 Å². The van der Waals surface area contributed by atoms with E-state index in [-0.39, 0.29) is 5.56 Å². The summed E-state index contributed by atoms with van der Waals surface area (Å²) in [7, 11) is 0. The Labute approximate surface area is 161 Å². The van der Waals surface area contributed by atoms with Crippen molar-refractivity contribution in [1.82, 2.24) is 19.2 Å². The van der Waals surface area contributed by atoms with Crippen molar-refractivity contribution >= 4 is 28.2 Å². The van der Waals surface area contributed by atoms with Crippen LogP contribution >= 0.6 is 11.6 Å². The lowest BCUT2D eigenvalue weighted by atomic mass is 10.1. The Bertz CT molecular complexity index is 1220. The lowest BCUT2D eigenvalue weighted by Gasteiger charge is -2.14. The van der Waals surface area contributed by atoms with Gasteiger partial charge in [-0.15, -0.1) is 0 Å². The molecule has 0 saturated heterocycles. The van der Waals surface area contributed by atoms with Crippen LogP contribution in [0.15, 0.2) is 47.5 Å². The van der Waals surface area contributed by atoms with Crippen LogP contribution in [0.3, 0.4) is 0 Å². The molecule has 1 saturated carbocycles. The largest absolute Gasteiger partial charge is 0.312 e. The summed E-state index contributed by atoms with van der Waals surface area (Å²) in [6.45, 7) is 1.96. The van der Waals surface area contributed by atoms with E-state index in [1.54, 1.807) is 10.7 Å². The molecule has 1 aliphatic rings. The Kier molecular flexibility index (Phi) is 3.79. The Morgan fingerprint density at radius 1 is 1.11 bits per heavy atom. The number of pyridine rings is 1. The maximum Gasteiger partial charge on any atom is 0.261 e. The Hall–Kier alpha value is -2.66. The molecule has 1 fully saturated rings. The predicted molar refractivity (Wildman–Crippen MR) is 107 cm³/mol. The van der Waals surface area contributed by atoms with E-state index in [0.717, 1.165) is 40.8 Å². The Morgan fingerprint density at radius 3 is 2.59 bits per heavy atom.